The molecule has 0 saturated heterocycles. The van der Waals surface area contributed by atoms with Gasteiger partial charge in [-0.05, 0) is 30.2 Å². The Hall–Kier alpha value is -3.19. The molecule has 1 heterocycles. The van der Waals surface area contributed by atoms with Crippen molar-refractivity contribution >= 4 is 45.6 Å². The first-order valence-corrected chi connectivity index (χ1v) is 9.52. The molecule has 2 N–H and O–H groups in total. The van der Waals surface area contributed by atoms with Crippen LogP contribution in [0.15, 0.2) is 47.3 Å². The molecule has 0 fully saturated rings. The lowest BCUT2D eigenvalue weighted by atomic mass is 10.1. The predicted octanol–water partition coefficient (Wildman–Crippen LogP) is 3.92. The second-order valence-corrected chi connectivity index (χ2v) is 7.51. The average molecular weight is 413 g/mol. The standard InChI is InChI=1S/C21H21ClN4O3/c1-12(2)11-26-21(29)16-7-5-4-6-15(16)19(25-26)20(28)24-18-9-8-14(10-17(18)22)23-13(3)27/h4-10,12H,11H2,1-3H3,(H,23,27)(H,24,28). The summed E-state index contributed by atoms with van der Waals surface area (Å²) >= 11 is 6.25. The summed E-state index contributed by atoms with van der Waals surface area (Å²) in [6, 6.07) is 11.7. The van der Waals surface area contributed by atoms with Crippen molar-refractivity contribution in [2.45, 2.75) is 27.3 Å². The second kappa shape index (κ2) is 8.45. The first-order valence-electron chi connectivity index (χ1n) is 9.14. The molecular weight excluding hydrogens is 392 g/mol. The van der Waals surface area contributed by atoms with Gasteiger partial charge in [-0.3, -0.25) is 14.4 Å². The number of nitrogens with zero attached hydrogens (tertiary/aromatic N) is 2. The lowest BCUT2D eigenvalue weighted by Crippen LogP contribution is -2.29. The molecule has 0 aliphatic rings. The molecule has 8 heteroatoms. The van der Waals surface area contributed by atoms with Gasteiger partial charge < -0.3 is 10.6 Å². The number of aromatic nitrogens is 2. The first kappa shape index (κ1) is 20.5. The highest BCUT2D eigenvalue weighted by Gasteiger charge is 2.18. The maximum atomic E-state index is 13.0. The topological polar surface area (TPSA) is 93.1 Å². The summed E-state index contributed by atoms with van der Waals surface area (Å²) in [4.78, 5) is 36.8. The molecule has 0 bridgehead atoms. The Kier molecular flexibility index (Phi) is 5.98. The quantitative estimate of drug-likeness (QED) is 0.664. The smallest absolute Gasteiger partial charge is 0.276 e. The molecule has 0 saturated carbocycles. The monoisotopic (exact) mass is 412 g/mol. The maximum Gasteiger partial charge on any atom is 0.276 e. The van der Waals surface area contributed by atoms with Crippen LogP contribution in [-0.4, -0.2) is 21.6 Å². The third kappa shape index (κ3) is 4.63. The summed E-state index contributed by atoms with van der Waals surface area (Å²) in [5.41, 5.74) is 0.805. The van der Waals surface area contributed by atoms with Gasteiger partial charge in [0.1, 0.15) is 0 Å². The molecule has 2 aromatic carbocycles. The summed E-state index contributed by atoms with van der Waals surface area (Å²) in [5.74, 6) is -0.512. The highest BCUT2D eigenvalue weighted by atomic mass is 35.5. The number of carbonyl (C=O) groups excluding carboxylic acids is 2. The maximum absolute atomic E-state index is 13.0. The number of rotatable bonds is 5. The van der Waals surface area contributed by atoms with Crippen LogP contribution in [-0.2, 0) is 11.3 Å². The second-order valence-electron chi connectivity index (χ2n) is 7.11. The summed E-state index contributed by atoms with van der Waals surface area (Å²) < 4.78 is 1.32. The number of benzene rings is 2. The number of hydrogen-bond acceptors (Lipinski definition) is 4. The molecule has 0 atom stereocenters. The van der Waals surface area contributed by atoms with Gasteiger partial charge >= 0.3 is 0 Å². The molecule has 7 nitrogen and oxygen atoms in total. The summed E-state index contributed by atoms with van der Waals surface area (Å²) in [6.07, 6.45) is 0. The molecule has 0 radical (unpaired) electrons. The van der Waals surface area contributed by atoms with Gasteiger partial charge in [-0.2, -0.15) is 5.10 Å². The summed E-state index contributed by atoms with van der Waals surface area (Å²) in [7, 11) is 0. The Morgan fingerprint density at radius 2 is 1.79 bits per heavy atom. The number of fused-ring (bicyclic) bond motifs is 1. The van der Waals surface area contributed by atoms with Crippen LogP contribution in [0.3, 0.4) is 0 Å². The van der Waals surface area contributed by atoms with Crippen molar-refractivity contribution in [3.63, 3.8) is 0 Å². The molecule has 0 aliphatic carbocycles. The minimum atomic E-state index is -0.479. The van der Waals surface area contributed by atoms with Gasteiger partial charge in [0.15, 0.2) is 5.69 Å². The predicted molar refractivity (Wildman–Crippen MR) is 115 cm³/mol. The van der Waals surface area contributed by atoms with Gasteiger partial charge in [-0.1, -0.05) is 43.6 Å². The number of nitrogens with one attached hydrogen (secondary N) is 2. The third-order valence-electron chi connectivity index (χ3n) is 4.16. The summed E-state index contributed by atoms with van der Waals surface area (Å²) in [6.45, 7) is 5.74. The van der Waals surface area contributed by atoms with Crippen molar-refractivity contribution in [1.29, 1.82) is 0 Å². The largest absolute Gasteiger partial charge is 0.326 e. The Morgan fingerprint density at radius 3 is 2.41 bits per heavy atom. The van der Waals surface area contributed by atoms with E-state index in [1.54, 1.807) is 42.5 Å². The zero-order chi connectivity index (χ0) is 21.1. The minimum Gasteiger partial charge on any atom is -0.326 e. The molecule has 3 aromatic rings. The van der Waals surface area contributed by atoms with E-state index in [1.807, 2.05) is 13.8 Å². The van der Waals surface area contributed by atoms with E-state index in [2.05, 4.69) is 15.7 Å². The molecule has 2 amide bonds. The Morgan fingerprint density at radius 1 is 1.10 bits per heavy atom. The Bertz CT molecular complexity index is 1150. The molecule has 0 aliphatic heterocycles. The van der Waals surface area contributed by atoms with Crippen molar-refractivity contribution in [2.75, 3.05) is 10.6 Å². The van der Waals surface area contributed by atoms with E-state index in [0.717, 1.165) is 0 Å². The normalized spacial score (nSPS) is 10.9. The Labute approximate surface area is 172 Å². The fourth-order valence-corrected chi connectivity index (χ4v) is 3.18. The lowest BCUT2D eigenvalue weighted by molar-refractivity contribution is -0.114. The van der Waals surface area contributed by atoms with Crippen LogP contribution < -0.4 is 16.2 Å². The van der Waals surface area contributed by atoms with Crippen molar-refractivity contribution in [3.8, 4) is 0 Å². The zero-order valence-corrected chi connectivity index (χ0v) is 17.1. The van der Waals surface area contributed by atoms with Gasteiger partial charge in [0, 0.05) is 24.5 Å². The van der Waals surface area contributed by atoms with Gasteiger partial charge in [0.05, 0.1) is 16.1 Å². The number of anilines is 2. The molecule has 0 unspecified atom stereocenters. The van der Waals surface area contributed by atoms with Gasteiger partial charge in [0.2, 0.25) is 5.91 Å². The number of hydrogen-bond donors (Lipinski definition) is 2. The fraction of sp³-hybridized carbons (Fsp3) is 0.238. The molecule has 29 heavy (non-hydrogen) atoms. The molecule has 150 valence electrons. The van der Waals surface area contributed by atoms with Crippen LogP contribution in [0.5, 0.6) is 0 Å². The summed E-state index contributed by atoms with van der Waals surface area (Å²) in [5, 5.41) is 10.9. The Balaban J connectivity index is 2.00. The molecular formula is C21H21ClN4O3. The lowest BCUT2D eigenvalue weighted by Gasteiger charge is -2.13. The SMILES string of the molecule is CC(=O)Nc1ccc(NC(=O)c2nn(CC(C)C)c(=O)c3ccccc23)c(Cl)c1. The van der Waals surface area contributed by atoms with E-state index >= 15 is 0 Å². The first-order chi connectivity index (χ1) is 13.8. The van der Waals surface area contributed by atoms with E-state index in [0.29, 0.717) is 28.7 Å². The van der Waals surface area contributed by atoms with E-state index in [4.69, 9.17) is 11.6 Å². The van der Waals surface area contributed by atoms with Gasteiger partial charge in [-0.25, -0.2) is 4.68 Å². The van der Waals surface area contributed by atoms with Crippen LogP contribution in [0.4, 0.5) is 11.4 Å². The van der Waals surface area contributed by atoms with E-state index in [-0.39, 0.29) is 28.1 Å². The molecule has 3 rings (SSSR count). The number of halogens is 1. The number of carbonyl (C=O) groups is 2. The highest BCUT2D eigenvalue weighted by Crippen LogP contribution is 2.26. The van der Waals surface area contributed by atoms with Gasteiger partial charge in [0.25, 0.3) is 11.5 Å². The zero-order valence-electron chi connectivity index (χ0n) is 16.3. The third-order valence-corrected chi connectivity index (χ3v) is 4.47. The van der Waals surface area contributed by atoms with Crippen molar-refractivity contribution < 1.29 is 9.59 Å². The van der Waals surface area contributed by atoms with Crippen molar-refractivity contribution in [2.24, 2.45) is 5.92 Å². The van der Waals surface area contributed by atoms with E-state index in [9.17, 15) is 14.4 Å². The van der Waals surface area contributed by atoms with Crippen LogP contribution in [0.1, 0.15) is 31.3 Å². The van der Waals surface area contributed by atoms with Crippen molar-refractivity contribution in [1.82, 2.24) is 9.78 Å². The van der Waals surface area contributed by atoms with Crippen molar-refractivity contribution in [3.05, 3.63) is 63.5 Å². The molecule has 1 aromatic heterocycles. The van der Waals surface area contributed by atoms with Crippen LogP contribution >= 0.6 is 11.6 Å². The number of amides is 2. The van der Waals surface area contributed by atoms with E-state index in [1.165, 1.54) is 11.6 Å². The fourth-order valence-electron chi connectivity index (χ4n) is 2.95. The van der Waals surface area contributed by atoms with E-state index < -0.39 is 5.91 Å². The van der Waals surface area contributed by atoms with Gasteiger partial charge in [-0.15, -0.1) is 0 Å². The molecule has 0 spiro atoms. The average Bonchev–Trinajstić information content (AvgIpc) is 2.65. The van der Waals surface area contributed by atoms with Crippen LogP contribution in [0.25, 0.3) is 10.8 Å². The minimum absolute atomic E-state index is 0.142. The van der Waals surface area contributed by atoms with Crippen LogP contribution in [0.2, 0.25) is 5.02 Å². The van der Waals surface area contributed by atoms with Crippen LogP contribution in [0, 0.1) is 5.92 Å². The highest BCUT2D eigenvalue weighted by molar-refractivity contribution is 6.34.